The van der Waals surface area contributed by atoms with Gasteiger partial charge in [0.05, 0.1) is 23.1 Å². The Hall–Kier alpha value is -3.06. The van der Waals surface area contributed by atoms with E-state index in [2.05, 4.69) is 6.07 Å². The average Bonchev–Trinajstić information content (AvgIpc) is 3.20. The molecule has 1 fully saturated rings. The van der Waals surface area contributed by atoms with Gasteiger partial charge in [-0.25, -0.2) is 8.42 Å². The van der Waals surface area contributed by atoms with Crippen molar-refractivity contribution in [1.82, 2.24) is 4.90 Å². The van der Waals surface area contributed by atoms with Crippen LogP contribution in [0.25, 0.3) is 10.8 Å². The lowest BCUT2D eigenvalue weighted by atomic mass is 10.1. The zero-order valence-electron chi connectivity index (χ0n) is 18.4. The van der Waals surface area contributed by atoms with Crippen molar-refractivity contribution in [3.05, 3.63) is 66.2 Å². The van der Waals surface area contributed by atoms with Crippen molar-refractivity contribution in [3.63, 3.8) is 0 Å². The SMILES string of the molecule is CC(C)Oc1ccc(S(C)(=O)=O)cc1C(=O)N1CCC(Oc2ccc3ccccc3c2)C1. The zero-order valence-corrected chi connectivity index (χ0v) is 19.3. The van der Waals surface area contributed by atoms with Crippen LogP contribution < -0.4 is 9.47 Å². The smallest absolute Gasteiger partial charge is 0.257 e. The number of carbonyl (C=O) groups is 1. The first kappa shape index (κ1) is 22.1. The molecule has 0 spiro atoms. The van der Waals surface area contributed by atoms with Gasteiger partial charge in [0.1, 0.15) is 17.6 Å². The van der Waals surface area contributed by atoms with Crippen molar-refractivity contribution in [2.24, 2.45) is 0 Å². The van der Waals surface area contributed by atoms with Gasteiger partial charge in [-0.1, -0.05) is 30.3 Å². The molecule has 0 aromatic heterocycles. The highest BCUT2D eigenvalue weighted by molar-refractivity contribution is 7.90. The Morgan fingerprint density at radius 2 is 1.78 bits per heavy atom. The van der Waals surface area contributed by atoms with Crippen molar-refractivity contribution >= 4 is 26.5 Å². The topological polar surface area (TPSA) is 72.9 Å². The first-order valence-corrected chi connectivity index (χ1v) is 12.6. The molecule has 1 aliphatic heterocycles. The van der Waals surface area contributed by atoms with Crippen LogP contribution in [0.1, 0.15) is 30.6 Å². The highest BCUT2D eigenvalue weighted by atomic mass is 32.2. The summed E-state index contributed by atoms with van der Waals surface area (Å²) in [4.78, 5) is 15.1. The molecule has 3 aromatic carbocycles. The van der Waals surface area contributed by atoms with Gasteiger partial charge in [0.2, 0.25) is 0 Å². The molecule has 1 unspecified atom stereocenters. The summed E-state index contributed by atoms with van der Waals surface area (Å²) < 4.78 is 36.0. The summed E-state index contributed by atoms with van der Waals surface area (Å²) in [6, 6.07) is 18.5. The summed E-state index contributed by atoms with van der Waals surface area (Å²) in [5.41, 5.74) is 0.257. The fraction of sp³-hybridized carbons (Fsp3) is 0.320. The van der Waals surface area contributed by atoms with E-state index in [0.717, 1.165) is 22.8 Å². The van der Waals surface area contributed by atoms with E-state index in [1.807, 2.05) is 50.2 Å². The monoisotopic (exact) mass is 453 g/mol. The minimum absolute atomic E-state index is 0.0973. The third-order valence-electron chi connectivity index (χ3n) is 5.43. The Balaban J connectivity index is 1.52. The van der Waals surface area contributed by atoms with Crippen LogP contribution in [0.3, 0.4) is 0 Å². The van der Waals surface area contributed by atoms with Crippen LogP contribution in [0.2, 0.25) is 0 Å². The van der Waals surface area contributed by atoms with E-state index >= 15 is 0 Å². The van der Waals surface area contributed by atoms with Crippen molar-refractivity contribution in [3.8, 4) is 11.5 Å². The number of ether oxygens (including phenoxy) is 2. The summed E-state index contributed by atoms with van der Waals surface area (Å²) in [7, 11) is -3.45. The van der Waals surface area contributed by atoms with Crippen LogP contribution in [-0.4, -0.2) is 50.8 Å². The van der Waals surface area contributed by atoms with Crippen LogP contribution in [0, 0.1) is 0 Å². The maximum absolute atomic E-state index is 13.3. The van der Waals surface area contributed by atoms with Crippen LogP contribution in [-0.2, 0) is 9.84 Å². The minimum atomic E-state index is -3.45. The molecule has 0 radical (unpaired) electrons. The van der Waals surface area contributed by atoms with E-state index in [0.29, 0.717) is 25.3 Å². The molecule has 0 aliphatic carbocycles. The Labute approximate surface area is 188 Å². The lowest BCUT2D eigenvalue weighted by molar-refractivity contribution is 0.0766. The van der Waals surface area contributed by atoms with Crippen LogP contribution in [0.5, 0.6) is 11.5 Å². The highest BCUT2D eigenvalue weighted by Crippen LogP contribution is 2.28. The number of rotatable bonds is 6. The van der Waals surface area contributed by atoms with Gasteiger partial charge in [0.25, 0.3) is 5.91 Å². The number of sulfone groups is 1. The molecule has 0 N–H and O–H groups in total. The predicted octanol–water partition coefficient (Wildman–Crippen LogP) is 4.32. The second-order valence-electron chi connectivity index (χ2n) is 8.39. The molecule has 1 atom stereocenters. The third-order valence-corrected chi connectivity index (χ3v) is 6.54. The van der Waals surface area contributed by atoms with Gasteiger partial charge in [0, 0.05) is 19.2 Å². The number of carbonyl (C=O) groups excluding carboxylic acids is 1. The van der Waals surface area contributed by atoms with E-state index in [1.165, 1.54) is 12.1 Å². The molecule has 1 amide bonds. The van der Waals surface area contributed by atoms with E-state index in [4.69, 9.17) is 9.47 Å². The number of hydrogen-bond acceptors (Lipinski definition) is 5. The van der Waals surface area contributed by atoms with Gasteiger partial charge < -0.3 is 14.4 Å². The fourth-order valence-corrected chi connectivity index (χ4v) is 4.52. The lowest BCUT2D eigenvalue weighted by Crippen LogP contribution is -2.31. The van der Waals surface area contributed by atoms with Crippen molar-refractivity contribution in [2.45, 2.75) is 37.4 Å². The van der Waals surface area contributed by atoms with Crippen LogP contribution in [0.4, 0.5) is 0 Å². The Kier molecular flexibility index (Phi) is 6.11. The molecule has 1 aliphatic rings. The van der Waals surface area contributed by atoms with Crippen LogP contribution >= 0.6 is 0 Å². The predicted molar refractivity (Wildman–Crippen MR) is 124 cm³/mol. The number of fused-ring (bicyclic) bond motifs is 1. The molecule has 1 saturated heterocycles. The van der Waals surface area contributed by atoms with Gasteiger partial charge in [-0.15, -0.1) is 0 Å². The first-order valence-electron chi connectivity index (χ1n) is 10.7. The maximum Gasteiger partial charge on any atom is 0.257 e. The molecule has 7 heteroatoms. The minimum Gasteiger partial charge on any atom is -0.490 e. The quantitative estimate of drug-likeness (QED) is 0.556. The standard InChI is InChI=1S/C25H27NO5S/c1-17(2)30-24-11-10-22(32(3,28)29)15-23(24)25(27)26-13-12-21(16-26)31-20-9-8-18-6-4-5-7-19(18)14-20/h4-11,14-15,17,21H,12-13,16H2,1-3H3. The Morgan fingerprint density at radius 1 is 1.03 bits per heavy atom. The maximum atomic E-state index is 13.3. The summed E-state index contributed by atoms with van der Waals surface area (Å²) in [6.45, 7) is 4.68. The lowest BCUT2D eigenvalue weighted by Gasteiger charge is -2.20. The van der Waals surface area contributed by atoms with Gasteiger partial charge >= 0.3 is 0 Å². The number of hydrogen-bond donors (Lipinski definition) is 0. The second-order valence-corrected chi connectivity index (χ2v) is 10.4. The van der Waals surface area contributed by atoms with Crippen LogP contribution in [0.15, 0.2) is 65.6 Å². The molecule has 1 heterocycles. The number of likely N-dealkylation sites (tertiary alicyclic amines) is 1. The molecule has 0 saturated carbocycles. The van der Waals surface area contributed by atoms with Gasteiger partial charge in [-0.2, -0.15) is 0 Å². The molecule has 0 bridgehead atoms. The van der Waals surface area contributed by atoms with Crippen molar-refractivity contribution in [2.75, 3.05) is 19.3 Å². The van der Waals surface area contributed by atoms with E-state index in [9.17, 15) is 13.2 Å². The second kappa shape index (κ2) is 8.82. The summed E-state index contributed by atoms with van der Waals surface area (Å²) >= 11 is 0. The van der Waals surface area contributed by atoms with Gasteiger partial charge in [-0.3, -0.25) is 4.79 Å². The summed E-state index contributed by atoms with van der Waals surface area (Å²) in [5.74, 6) is 0.901. The molecule has 32 heavy (non-hydrogen) atoms. The molecule has 4 rings (SSSR count). The average molecular weight is 454 g/mol. The van der Waals surface area contributed by atoms with E-state index in [-0.39, 0.29) is 28.6 Å². The third kappa shape index (κ3) is 4.88. The molecular weight excluding hydrogens is 426 g/mol. The normalized spacial score (nSPS) is 16.5. The summed E-state index contributed by atoms with van der Waals surface area (Å²) in [6.07, 6.45) is 1.55. The first-order chi connectivity index (χ1) is 15.2. The Morgan fingerprint density at radius 3 is 2.50 bits per heavy atom. The molecular formula is C25H27NO5S. The van der Waals surface area contributed by atoms with Gasteiger partial charge in [-0.05, 0) is 55.0 Å². The van der Waals surface area contributed by atoms with Gasteiger partial charge in [0.15, 0.2) is 9.84 Å². The number of amides is 1. The molecule has 6 nitrogen and oxygen atoms in total. The molecule has 3 aromatic rings. The van der Waals surface area contributed by atoms with E-state index in [1.54, 1.807) is 11.0 Å². The largest absolute Gasteiger partial charge is 0.490 e. The summed E-state index contributed by atoms with van der Waals surface area (Å²) in [5, 5.41) is 2.25. The number of nitrogens with zero attached hydrogens (tertiary/aromatic N) is 1. The number of benzene rings is 3. The molecule has 168 valence electrons. The Bertz CT molecular complexity index is 1250. The van der Waals surface area contributed by atoms with Crippen molar-refractivity contribution < 1.29 is 22.7 Å². The fourth-order valence-electron chi connectivity index (χ4n) is 3.88. The van der Waals surface area contributed by atoms with E-state index < -0.39 is 9.84 Å². The highest BCUT2D eigenvalue weighted by Gasteiger charge is 2.30. The van der Waals surface area contributed by atoms with Crippen molar-refractivity contribution in [1.29, 1.82) is 0 Å². The zero-order chi connectivity index (χ0) is 22.9.